The van der Waals surface area contributed by atoms with Crippen LogP contribution in [0, 0.1) is 0 Å². The van der Waals surface area contributed by atoms with Crippen LogP contribution in [-0.2, 0) is 0 Å². The number of nitrogens with two attached hydrogens (primary N) is 1. The summed E-state index contributed by atoms with van der Waals surface area (Å²) in [6.07, 6.45) is 0. The van der Waals surface area contributed by atoms with E-state index in [2.05, 4.69) is 15.9 Å². The summed E-state index contributed by atoms with van der Waals surface area (Å²) < 4.78 is 0.574. The maximum absolute atomic E-state index is 10.7. The molecule has 1 atom stereocenters. The molecule has 1 aromatic carbocycles. The summed E-state index contributed by atoms with van der Waals surface area (Å²) in [6, 6.07) is 4.94. The Morgan fingerprint density at radius 1 is 1.62 bits per heavy atom. The third-order valence-corrected chi connectivity index (χ3v) is 2.44. The van der Waals surface area contributed by atoms with Gasteiger partial charge < -0.3 is 10.8 Å². The second kappa shape index (κ2) is 3.89. The number of halogens is 1. The minimum atomic E-state index is -0.950. The summed E-state index contributed by atoms with van der Waals surface area (Å²) in [4.78, 5) is 10.7. The van der Waals surface area contributed by atoms with Crippen molar-refractivity contribution < 1.29 is 9.90 Å². The lowest BCUT2D eigenvalue weighted by Gasteiger charge is -2.07. The van der Waals surface area contributed by atoms with E-state index < -0.39 is 5.97 Å². The van der Waals surface area contributed by atoms with Crippen LogP contribution in [0.3, 0.4) is 0 Å². The molecule has 4 heteroatoms. The van der Waals surface area contributed by atoms with Crippen LogP contribution in [0.25, 0.3) is 0 Å². The van der Waals surface area contributed by atoms with E-state index in [1.54, 1.807) is 18.2 Å². The maximum atomic E-state index is 10.7. The highest BCUT2D eigenvalue weighted by Crippen LogP contribution is 2.20. The zero-order chi connectivity index (χ0) is 10.0. The first-order chi connectivity index (χ1) is 6.02. The highest BCUT2D eigenvalue weighted by molar-refractivity contribution is 9.10. The number of carboxylic acids is 1. The largest absolute Gasteiger partial charge is 0.478 e. The van der Waals surface area contributed by atoms with Gasteiger partial charge in [-0.1, -0.05) is 6.07 Å². The van der Waals surface area contributed by atoms with Crippen LogP contribution in [0.2, 0.25) is 0 Å². The third-order valence-electron chi connectivity index (χ3n) is 1.75. The number of carboxylic acid groups (broad SMARTS) is 1. The van der Waals surface area contributed by atoms with Crippen LogP contribution in [0.1, 0.15) is 28.9 Å². The second-order valence-corrected chi connectivity index (χ2v) is 3.69. The zero-order valence-electron chi connectivity index (χ0n) is 7.12. The van der Waals surface area contributed by atoms with Gasteiger partial charge in [0.2, 0.25) is 0 Å². The molecule has 3 nitrogen and oxygen atoms in total. The van der Waals surface area contributed by atoms with E-state index in [0.717, 1.165) is 5.56 Å². The first-order valence-corrected chi connectivity index (χ1v) is 4.60. The highest BCUT2D eigenvalue weighted by atomic mass is 79.9. The number of benzene rings is 1. The quantitative estimate of drug-likeness (QED) is 0.837. The topological polar surface area (TPSA) is 63.3 Å². The molecule has 0 bridgehead atoms. The average molecular weight is 244 g/mol. The summed E-state index contributed by atoms with van der Waals surface area (Å²) in [7, 11) is 0. The number of hydrogen-bond donors (Lipinski definition) is 2. The summed E-state index contributed by atoms with van der Waals surface area (Å²) in [5.74, 6) is -0.950. The Morgan fingerprint density at radius 2 is 2.23 bits per heavy atom. The minimum Gasteiger partial charge on any atom is -0.478 e. The van der Waals surface area contributed by atoms with Gasteiger partial charge in [0.25, 0.3) is 0 Å². The monoisotopic (exact) mass is 243 g/mol. The van der Waals surface area contributed by atoms with E-state index in [4.69, 9.17) is 10.8 Å². The standard InChI is InChI=1S/C9H10BrNO2/c1-5(11)6-2-3-8(10)7(4-6)9(12)13/h2-5H,11H2,1H3,(H,12,13)/t5-/m0/s1. The number of carbonyl (C=O) groups is 1. The molecule has 1 aromatic rings. The molecular formula is C9H10BrNO2. The van der Waals surface area contributed by atoms with Gasteiger partial charge in [-0.15, -0.1) is 0 Å². The fraction of sp³-hybridized carbons (Fsp3) is 0.222. The van der Waals surface area contributed by atoms with Gasteiger partial charge in [0, 0.05) is 10.5 Å². The molecule has 0 unspecified atom stereocenters. The van der Waals surface area contributed by atoms with Crippen LogP contribution in [0.4, 0.5) is 0 Å². The van der Waals surface area contributed by atoms with Gasteiger partial charge >= 0.3 is 5.97 Å². The molecule has 0 aliphatic rings. The van der Waals surface area contributed by atoms with Gasteiger partial charge in [-0.2, -0.15) is 0 Å². The molecule has 0 aromatic heterocycles. The average Bonchev–Trinajstić information content (AvgIpc) is 2.04. The molecule has 0 saturated carbocycles. The van der Waals surface area contributed by atoms with Crippen molar-refractivity contribution in [3.8, 4) is 0 Å². The van der Waals surface area contributed by atoms with Crippen molar-refractivity contribution in [1.29, 1.82) is 0 Å². The van der Waals surface area contributed by atoms with Crippen molar-refractivity contribution in [2.45, 2.75) is 13.0 Å². The fourth-order valence-corrected chi connectivity index (χ4v) is 1.41. The molecule has 0 fully saturated rings. The van der Waals surface area contributed by atoms with E-state index in [1.807, 2.05) is 6.92 Å². The highest BCUT2D eigenvalue weighted by Gasteiger charge is 2.10. The lowest BCUT2D eigenvalue weighted by atomic mass is 10.1. The molecule has 0 aliphatic carbocycles. The Hall–Kier alpha value is -0.870. The lowest BCUT2D eigenvalue weighted by molar-refractivity contribution is 0.0696. The smallest absolute Gasteiger partial charge is 0.336 e. The Morgan fingerprint density at radius 3 is 2.69 bits per heavy atom. The molecule has 1 rings (SSSR count). The Bertz CT molecular complexity index is 336. The van der Waals surface area contributed by atoms with Crippen LogP contribution in [0.15, 0.2) is 22.7 Å². The number of rotatable bonds is 2. The number of hydrogen-bond acceptors (Lipinski definition) is 2. The molecule has 70 valence electrons. The van der Waals surface area contributed by atoms with E-state index in [-0.39, 0.29) is 11.6 Å². The summed E-state index contributed by atoms with van der Waals surface area (Å²) >= 11 is 3.16. The van der Waals surface area contributed by atoms with E-state index in [0.29, 0.717) is 4.47 Å². The van der Waals surface area contributed by atoms with Gasteiger partial charge in [0.15, 0.2) is 0 Å². The summed E-state index contributed by atoms with van der Waals surface area (Å²) in [5, 5.41) is 8.80. The van der Waals surface area contributed by atoms with Crippen molar-refractivity contribution >= 4 is 21.9 Å². The third kappa shape index (κ3) is 2.29. The molecule has 0 heterocycles. The Kier molecular flexibility index (Phi) is 3.06. The minimum absolute atomic E-state index is 0.147. The molecule has 0 saturated heterocycles. The molecular weight excluding hydrogens is 234 g/mol. The SMILES string of the molecule is C[C@H](N)c1ccc(Br)c(C(=O)O)c1. The van der Waals surface area contributed by atoms with Gasteiger partial charge in [0.05, 0.1) is 5.56 Å². The van der Waals surface area contributed by atoms with Gasteiger partial charge in [-0.3, -0.25) is 0 Å². The molecule has 0 amide bonds. The Labute approximate surface area is 84.7 Å². The van der Waals surface area contributed by atoms with Crippen LogP contribution in [0.5, 0.6) is 0 Å². The van der Waals surface area contributed by atoms with Gasteiger partial charge in [-0.25, -0.2) is 4.79 Å². The van der Waals surface area contributed by atoms with Crippen LogP contribution < -0.4 is 5.73 Å². The number of aromatic carboxylic acids is 1. The van der Waals surface area contributed by atoms with Crippen molar-refractivity contribution in [2.75, 3.05) is 0 Å². The van der Waals surface area contributed by atoms with Gasteiger partial charge in [-0.05, 0) is 40.5 Å². The predicted molar refractivity (Wildman–Crippen MR) is 53.7 cm³/mol. The van der Waals surface area contributed by atoms with Crippen molar-refractivity contribution in [1.82, 2.24) is 0 Å². The Balaban J connectivity index is 3.19. The first-order valence-electron chi connectivity index (χ1n) is 3.80. The molecule has 0 radical (unpaired) electrons. The zero-order valence-corrected chi connectivity index (χ0v) is 8.71. The van der Waals surface area contributed by atoms with Gasteiger partial charge in [0.1, 0.15) is 0 Å². The van der Waals surface area contributed by atoms with E-state index in [1.165, 1.54) is 0 Å². The summed E-state index contributed by atoms with van der Waals surface area (Å²) in [5.41, 5.74) is 6.69. The first kappa shape index (κ1) is 10.2. The molecule has 13 heavy (non-hydrogen) atoms. The van der Waals surface area contributed by atoms with Crippen LogP contribution >= 0.6 is 15.9 Å². The van der Waals surface area contributed by atoms with Crippen molar-refractivity contribution in [2.24, 2.45) is 5.73 Å². The maximum Gasteiger partial charge on any atom is 0.336 e. The van der Waals surface area contributed by atoms with E-state index >= 15 is 0 Å². The molecule has 3 N–H and O–H groups in total. The molecule has 0 spiro atoms. The van der Waals surface area contributed by atoms with Crippen LogP contribution in [-0.4, -0.2) is 11.1 Å². The lowest BCUT2D eigenvalue weighted by Crippen LogP contribution is -2.07. The molecule has 0 aliphatic heterocycles. The normalized spacial score (nSPS) is 12.5. The van der Waals surface area contributed by atoms with E-state index in [9.17, 15) is 4.79 Å². The van der Waals surface area contributed by atoms with Crippen molar-refractivity contribution in [3.05, 3.63) is 33.8 Å². The summed E-state index contributed by atoms with van der Waals surface area (Å²) in [6.45, 7) is 1.81. The van der Waals surface area contributed by atoms with Crippen molar-refractivity contribution in [3.63, 3.8) is 0 Å². The predicted octanol–water partition coefficient (Wildman–Crippen LogP) is 2.17. The fourth-order valence-electron chi connectivity index (χ4n) is 0.990. The second-order valence-electron chi connectivity index (χ2n) is 2.83.